The Labute approximate surface area is 272 Å². The van der Waals surface area contributed by atoms with Crippen LogP contribution in [0, 0.1) is 0 Å². The number of carbonyl (C=O) groups is 1. The highest BCUT2D eigenvalue weighted by Crippen LogP contribution is 2.08. The first-order chi connectivity index (χ1) is 21.0. The third kappa shape index (κ3) is 39.7. The monoisotopic (exact) mass is 740 g/mol. The molecule has 258 valence electrons. The normalized spacial score (nSPS) is 11.8. The molecule has 0 aromatic rings. The lowest BCUT2D eigenvalue weighted by atomic mass is 10.2. The molecule has 0 fully saturated rings. The van der Waals surface area contributed by atoms with Crippen LogP contribution in [0.15, 0.2) is 0 Å². The van der Waals surface area contributed by atoms with E-state index in [1.54, 1.807) is 0 Å². The van der Waals surface area contributed by atoms with E-state index in [2.05, 4.69) is 22.6 Å². The molecule has 0 aliphatic rings. The third-order valence-electron chi connectivity index (χ3n) is 4.81. The zero-order chi connectivity index (χ0) is 31.5. The summed E-state index contributed by atoms with van der Waals surface area (Å²) in [6, 6.07) is 0. The molecule has 0 bridgehead atoms. The highest BCUT2D eigenvalue weighted by atomic mass is 127. The lowest BCUT2D eigenvalue weighted by Gasteiger charge is -2.19. The van der Waals surface area contributed by atoms with Crippen LogP contribution < -0.4 is 0 Å². The molecule has 0 saturated carbocycles. The van der Waals surface area contributed by atoms with Crippen molar-refractivity contribution in [3.05, 3.63) is 0 Å². The maximum atomic E-state index is 11.5. The van der Waals surface area contributed by atoms with Crippen LogP contribution in [0.5, 0.6) is 0 Å². The maximum Gasteiger partial charge on any atom is 0.308 e. The van der Waals surface area contributed by atoms with Gasteiger partial charge in [-0.1, -0.05) is 22.6 Å². The molecule has 13 nitrogen and oxygen atoms in total. The zero-order valence-electron chi connectivity index (χ0n) is 26.7. The lowest BCUT2D eigenvalue weighted by molar-refractivity contribution is -0.156. The van der Waals surface area contributed by atoms with Crippen LogP contribution in [-0.4, -0.2) is 161 Å². The Bertz CT molecular complexity index is 567. The summed E-state index contributed by atoms with van der Waals surface area (Å²) in [6.07, 6.45) is 0.234. The Balaban J connectivity index is 3.09. The van der Waals surface area contributed by atoms with E-state index in [-0.39, 0.29) is 12.4 Å². The number of halogens is 1. The quantitative estimate of drug-likeness (QED) is 0.0409. The van der Waals surface area contributed by atoms with Crippen molar-refractivity contribution in [2.24, 2.45) is 0 Å². The summed E-state index contributed by atoms with van der Waals surface area (Å²) in [5.41, 5.74) is -0.471. The molecule has 0 atom stereocenters. The predicted molar refractivity (Wildman–Crippen MR) is 168 cm³/mol. The molecule has 0 N–H and O–H groups in total. The van der Waals surface area contributed by atoms with E-state index in [1.165, 1.54) is 0 Å². The first-order valence-electron chi connectivity index (χ1n) is 15.1. The van der Waals surface area contributed by atoms with Gasteiger partial charge >= 0.3 is 5.97 Å². The van der Waals surface area contributed by atoms with Gasteiger partial charge in [0.15, 0.2) is 0 Å². The molecule has 0 spiro atoms. The van der Waals surface area contributed by atoms with Gasteiger partial charge in [-0.2, -0.15) is 0 Å². The zero-order valence-corrected chi connectivity index (χ0v) is 28.8. The predicted octanol–water partition coefficient (Wildman–Crippen LogP) is 2.34. The van der Waals surface area contributed by atoms with Crippen molar-refractivity contribution < 1.29 is 61.6 Å². The lowest BCUT2D eigenvalue weighted by Crippen LogP contribution is -2.24. The molecule has 0 radical (unpaired) electrons. The van der Waals surface area contributed by atoms with Gasteiger partial charge in [0.05, 0.1) is 152 Å². The number of ether oxygens (including phenoxy) is 12. The molecule has 0 aromatic heterocycles. The number of carbonyl (C=O) groups excluding carboxylic acids is 1. The number of hydrogen-bond donors (Lipinski definition) is 0. The van der Waals surface area contributed by atoms with E-state index < -0.39 is 5.60 Å². The molecule has 14 heteroatoms. The van der Waals surface area contributed by atoms with Gasteiger partial charge in [-0.25, -0.2) is 0 Å². The summed E-state index contributed by atoms with van der Waals surface area (Å²) in [6.45, 7) is 16.8. The molecular weight excluding hydrogens is 683 g/mol. The van der Waals surface area contributed by atoms with E-state index in [1.807, 2.05) is 20.8 Å². The first-order valence-corrected chi connectivity index (χ1v) is 16.6. The summed E-state index contributed by atoms with van der Waals surface area (Å²) < 4.78 is 65.9. The molecule has 0 amide bonds. The Morgan fingerprint density at radius 3 is 0.814 bits per heavy atom. The van der Waals surface area contributed by atoms with E-state index in [4.69, 9.17) is 56.8 Å². The molecule has 43 heavy (non-hydrogen) atoms. The standard InChI is InChI=1S/C29H57IO13/c1-29(2,3)43-28(31)4-6-32-8-10-34-12-14-36-16-18-38-20-22-40-24-26-42-27-25-41-23-21-39-19-17-37-15-13-35-11-9-33-7-5-30/h4-27H2,1-3H3. The molecule has 0 heterocycles. The molecular formula is C29H57IO13. The SMILES string of the molecule is CC(C)(C)OC(=O)CCOCCOCCOCCOCCOCCOCCOCCOCCOCCOCCOCCI. The summed E-state index contributed by atoms with van der Waals surface area (Å²) in [5, 5.41) is 0. The van der Waals surface area contributed by atoms with Crippen LogP contribution >= 0.6 is 22.6 Å². The van der Waals surface area contributed by atoms with Crippen LogP contribution in [0.2, 0.25) is 0 Å². The van der Waals surface area contributed by atoms with Crippen LogP contribution in [0.4, 0.5) is 0 Å². The van der Waals surface area contributed by atoms with Gasteiger partial charge in [-0.15, -0.1) is 0 Å². The highest BCUT2D eigenvalue weighted by Gasteiger charge is 2.15. The fraction of sp³-hybridized carbons (Fsp3) is 0.966. The van der Waals surface area contributed by atoms with Gasteiger partial charge in [0.25, 0.3) is 0 Å². The summed E-state index contributed by atoms with van der Waals surface area (Å²) >= 11 is 2.27. The number of esters is 1. The Morgan fingerprint density at radius 2 is 0.605 bits per heavy atom. The Hall–Kier alpha value is -0.240. The van der Waals surface area contributed by atoms with Gasteiger partial charge in [-0.05, 0) is 20.8 Å². The average molecular weight is 741 g/mol. The smallest absolute Gasteiger partial charge is 0.308 e. The van der Waals surface area contributed by atoms with Gasteiger partial charge < -0.3 is 56.8 Å². The van der Waals surface area contributed by atoms with E-state index in [9.17, 15) is 4.79 Å². The Kier molecular flexibility index (Phi) is 34.4. The van der Waals surface area contributed by atoms with Crippen molar-refractivity contribution in [1.82, 2.24) is 0 Å². The third-order valence-corrected chi connectivity index (χ3v) is 5.25. The van der Waals surface area contributed by atoms with Crippen molar-refractivity contribution in [3.8, 4) is 0 Å². The van der Waals surface area contributed by atoms with Crippen molar-refractivity contribution >= 4 is 28.6 Å². The second-order valence-electron chi connectivity index (χ2n) is 9.76. The average Bonchev–Trinajstić information content (AvgIpc) is 2.96. The van der Waals surface area contributed by atoms with Crippen LogP contribution in [0.1, 0.15) is 27.2 Å². The molecule has 0 aliphatic heterocycles. The van der Waals surface area contributed by atoms with Gasteiger partial charge in [0.1, 0.15) is 5.60 Å². The fourth-order valence-electron chi connectivity index (χ4n) is 2.90. The molecule has 0 unspecified atom stereocenters. The second kappa shape index (κ2) is 34.6. The summed E-state index contributed by atoms with van der Waals surface area (Å²) in [4.78, 5) is 11.5. The topological polar surface area (TPSA) is 128 Å². The summed E-state index contributed by atoms with van der Waals surface area (Å²) in [7, 11) is 0. The molecule has 0 saturated heterocycles. The minimum Gasteiger partial charge on any atom is -0.460 e. The number of hydrogen-bond acceptors (Lipinski definition) is 13. The largest absolute Gasteiger partial charge is 0.460 e. The van der Waals surface area contributed by atoms with Gasteiger partial charge in [0.2, 0.25) is 0 Å². The van der Waals surface area contributed by atoms with E-state index in [0.29, 0.717) is 139 Å². The van der Waals surface area contributed by atoms with Crippen molar-refractivity contribution in [1.29, 1.82) is 0 Å². The summed E-state index contributed by atoms with van der Waals surface area (Å²) in [5.74, 6) is -0.263. The maximum absolute atomic E-state index is 11.5. The van der Waals surface area contributed by atoms with Crippen LogP contribution in [0.3, 0.4) is 0 Å². The van der Waals surface area contributed by atoms with Crippen molar-refractivity contribution in [2.75, 3.05) is 150 Å². The minimum absolute atomic E-state index is 0.234. The molecule has 0 aliphatic carbocycles. The molecule has 0 aromatic carbocycles. The highest BCUT2D eigenvalue weighted by molar-refractivity contribution is 14.1. The van der Waals surface area contributed by atoms with E-state index in [0.717, 1.165) is 11.0 Å². The number of rotatable bonds is 35. The Morgan fingerprint density at radius 1 is 0.395 bits per heavy atom. The number of alkyl halides is 1. The minimum atomic E-state index is -0.471. The molecule has 0 rings (SSSR count). The fourth-order valence-corrected chi connectivity index (χ4v) is 3.22. The first kappa shape index (κ1) is 42.8. The second-order valence-corrected chi connectivity index (χ2v) is 10.8. The van der Waals surface area contributed by atoms with Crippen LogP contribution in [-0.2, 0) is 61.6 Å². The van der Waals surface area contributed by atoms with Crippen molar-refractivity contribution in [2.45, 2.75) is 32.8 Å². The van der Waals surface area contributed by atoms with Gasteiger partial charge in [0, 0.05) is 4.43 Å². The van der Waals surface area contributed by atoms with Gasteiger partial charge in [-0.3, -0.25) is 4.79 Å². The van der Waals surface area contributed by atoms with E-state index >= 15 is 0 Å². The van der Waals surface area contributed by atoms with Crippen molar-refractivity contribution in [3.63, 3.8) is 0 Å². The van der Waals surface area contributed by atoms with Crippen LogP contribution in [0.25, 0.3) is 0 Å².